The molecule has 1 atom stereocenters. The van der Waals surface area contributed by atoms with Crippen LogP contribution in [0.15, 0.2) is 41.6 Å². The van der Waals surface area contributed by atoms with Crippen molar-refractivity contribution in [3.05, 3.63) is 36.7 Å². The van der Waals surface area contributed by atoms with E-state index < -0.39 is 16.1 Å². The van der Waals surface area contributed by atoms with Gasteiger partial charge in [-0.15, -0.1) is 0 Å². The zero-order valence-corrected chi connectivity index (χ0v) is 18.0. The first-order valence-corrected chi connectivity index (χ1v) is 11.5. The maximum absolute atomic E-state index is 13.0. The summed E-state index contributed by atoms with van der Waals surface area (Å²) in [5.74, 6) is -0.244. The van der Waals surface area contributed by atoms with Crippen LogP contribution in [0.1, 0.15) is 39.7 Å². The second-order valence-electron chi connectivity index (χ2n) is 7.11. The van der Waals surface area contributed by atoms with Crippen LogP contribution >= 0.6 is 0 Å². The van der Waals surface area contributed by atoms with Gasteiger partial charge in [0.25, 0.3) is 0 Å². The fourth-order valence-electron chi connectivity index (χ4n) is 3.59. The summed E-state index contributed by atoms with van der Waals surface area (Å²) in [5.41, 5.74) is 1.37. The molecule has 0 spiro atoms. The summed E-state index contributed by atoms with van der Waals surface area (Å²) in [5, 5.41) is 7.06. The number of amides is 1. The molecule has 1 aromatic heterocycles. The zero-order valence-electron chi connectivity index (χ0n) is 17.2. The normalized spacial score (nSPS) is 15.7. The topological polar surface area (TPSA) is 87.5 Å². The third-order valence-electron chi connectivity index (χ3n) is 5.32. The van der Waals surface area contributed by atoms with E-state index in [0.717, 1.165) is 31.6 Å². The number of carbonyl (C=O) groups is 1. The molecule has 29 heavy (non-hydrogen) atoms. The van der Waals surface area contributed by atoms with E-state index in [9.17, 15) is 13.2 Å². The highest BCUT2D eigenvalue weighted by molar-refractivity contribution is 7.89. The summed E-state index contributed by atoms with van der Waals surface area (Å²) in [7, 11) is -3.62. The lowest BCUT2D eigenvalue weighted by Gasteiger charge is -2.24. The summed E-state index contributed by atoms with van der Waals surface area (Å²) in [6, 6.07) is 6.26. The molecule has 9 heteroatoms. The summed E-state index contributed by atoms with van der Waals surface area (Å²) >= 11 is 0. The molecular formula is C20H29N5O3S. The van der Waals surface area contributed by atoms with Crippen LogP contribution < -0.4 is 10.2 Å². The Hall–Kier alpha value is -2.39. The van der Waals surface area contributed by atoms with Crippen molar-refractivity contribution < 1.29 is 13.2 Å². The monoisotopic (exact) mass is 419 g/mol. The number of nitrogens with one attached hydrogen (secondary N) is 1. The molecule has 2 heterocycles. The highest BCUT2D eigenvalue weighted by atomic mass is 32.2. The van der Waals surface area contributed by atoms with Gasteiger partial charge in [-0.1, -0.05) is 13.8 Å². The molecule has 0 radical (unpaired) electrons. The Morgan fingerprint density at radius 2 is 1.93 bits per heavy atom. The van der Waals surface area contributed by atoms with Crippen LogP contribution in [0.3, 0.4) is 0 Å². The molecule has 158 valence electrons. The second-order valence-corrected chi connectivity index (χ2v) is 9.05. The first kappa shape index (κ1) is 21.3. The fourth-order valence-corrected chi connectivity index (χ4v) is 5.07. The molecule has 3 rings (SSSR count). The van der Waals surface area contributed by atoms with Gasteiger partial charge in [-0.3, -0.25) is 9.48 Å². The van der Waals surface area contributed by atoms with Crippen molar-refractivity contribution in [2.45, 2.75) is 44.6 Å². The van der Waals surface area contributed by atoms with Crippen molar-refractivity contribution in [2.75, 3.05) is 36.4 Å². The molecule has 1 fully saturated rings. The standard InChI is InChI=1S/C20H29N5O3S/c1-4-24(5-2)29(27,28)17-9-10-19(23-12-6-7-13-23)18(15-17)22-20(26)16(3)25-14-8-11-21-25/h8-11,14-16H,4-7,12-13H2,1-3H3,(H,22,26). The number of nitrogens with zero attached hydrogens (tertiary/aromatic N) is 4. The molecule has 8 nitrogen and oxygen atoms in total. The van der Waals surface area contributed by atoms with Crippen LogP contribution in [0.5, 0.6) is 0 Å². The Balaban J connectivity index is 1.96. The predicted octanol–water partition coefficient (Wildman–Crippen LogP) is 2.71. The molecule has 2 aromatic rings. The lowest BCUT2D eigenvalue weighted by molar-refractivity contribution is -0.119. The van der Waals surface area contributed by atoms with Gasteiger partial charge in [0, 0.05) is 38.6 Å². The molecule has 0 saturated carbocycles. The van der Waals surface area contributed by atoms with Gasteiger partial charge in [-0.25, -0.2) is 8.42 Å². The Bertz CT molecular complexity index is 933. The Morgan fingerprint density at radius 1 is 1.24 bits per heavy atom. The number of hydrogen-bond acceptors (Lipinski definition) is 5. The van der Waals surface area contributed by atoms with E-state index in [2.05, 4.69) is 15.3 Å². The summed E-state index contributed by atoms with van der Waals surface area (Å²) in [6.45, 7) is 7.95. The quantitative estimate of drug-likeness (QED) is 0.711. The minimum Gasteiger partial charge on any atom is -0.370 e. The summed E-state index contributed by atoms with van der Waals surface area (Å²) in [6.07, 6.45) is 5.51. The van der Waals surface area contributed by atoms with E-state index in [0.29, 0.717) is 18.8 Å². The van der Waals surface area contributed by atoms with Crippen LogP contribution in [0, 0.1) is 0 Å². The van der Waals surface area contributed by atoms with Gasteiger partial charge >= 0.3 is 0 Å². The van der Waals surface area contributed by atoms with Gasteiger partial charge in [0.05, 0.1) is 16.3 Å². The van der Waals surface area contributed by atoms with Crippen molar-refractivity contribution >= 4 is 27.3 Å². The Morgan fingerprint density at radius 3 is 2.52 bits per heavy atom. The Labute approximate surface area is 172 Å². The molecule has 1 aromatic carbocycles. The smallest absolute Gasteiger partial charge is 0.249 e. The van der Waals surface area contributed by atoms with Gasteiger partial charge < -0.3 is 10.2 Å². The van der Waals surface area contributed by atoms with Crippen LogP contribution in [-0.2, 0) is 14.8 Å². The molecule has 1 aliphatic rings. The first-order chi connectivity index (χ1) is 13.9. The van der Waals surface area contributed by atoms with Crippen LogP contribution in [0.4, 0.5) is 11.4 Å². The van der Waals surface area contributed by atoms with E-state index in [-0.39, 0.29) is 10.8 Å². The first-order valence-electron chi connectivity index (χ1n) is 10.1. The largest absolute Gasteiger partial charge is 0.370 e. The van der Waals surface area contributed by atoms with Crippen molar-refractivity contribution in [3.8, 4) is 0 Å². The number of benzene rings is 1. The maximum Gasteiger partial charge on any atom is 0.249 e. The number of carbonyl (C=O) groups excluding carboxylic acids is 1. The number of aromatic nitrogens is 2. The van der Waals surface area contributed by atoms with E-state index in [4.69, 9.17) is 0 Å². The van der Waals surface area contributed by atoms with Crippen LogP contribution in [-0.4, -0.2) is 54.6 Å². The summed E-state index contributed by atoms with van der Waals surface area (Å²) in [4.78, 5) is 15.2. The van der Waals surface area contributed by atoms with Crippen LogP contribution in [0.2, 0.25) is 0 Å². The lowest BCUT2D eigenvalue weighted by Crippen LogP contribution is -2.31. The lowest BCUT2D eigenvalue weighted by atomic mass is 10.2. The maximum atomic E-state index is 13.0. The highest BCUT2D eigenvalue weighted by Gasteiger charge is 2.26. The van der Waals surface area contributed by atoms with Gasteiger partial charge in [-0.2, -0.15) is 9.40 Å². The molecule has 1 unspecified atom stereocenters. The molecule has 1 saturated heterocycles. The van der Waals surface area contributed by atoms with Gasteiger partial charge in [-0.05, 0) is 44.0 Å². The number of sulfonamides is 1. The van der Waals surface area contributed by atoms with Crippen molar-refractivity contribution in [2.24, 2.45) is 0 Å². The number of anilines is 2. The minimum atomic E-state index is -3.62. The average molecular weight is 420 g/mol. The van der Waals surface area contributed by atoms with Crippen molar-refractivity contribution in [1.29, 1.82) is 0 Å². The van der Waals surface area contributed by atoms with Crippen LogP contribution in [0.25, 0.3) is 0 Å². The summed E-state index contributed by atoms with van der Waals surface area (Å²) < 4.78 is 28.9. The Kier molecular flexibility index (Phi) is 6.59. The minimum absolute atomic E-state index is 0.186. The molecule has 1 N–H and O–H groups in total. The fraction of sp³-hybridized carbons (Fsp3) is 0.500. The third kappa shape index (κ3) is 4.45. The molecule has 1 amide bonds. The highest BCUT2D eigenvalue weighted by Crippen LogP contribution is 2.32. The SMILES string of the molecule is CCN(CC)S(=O)(=O)c1ccc(N2CCCC2)c(NC(=O)C(C)n2cccn2)c1. The molecular weight excluding hydrogens is 390 g/mol. The van der Waals surface area contributed by atoms with Gasteiger partial charge in [0.1, 0.15) is 6.04 Å². The average Bonchev–Trinajstić information content (AvgIpc) is 3.42. The molecule has 0 aliphatic carbocycles. The van der Waals surface area contributed by atoms with Crippen molar-refractivity contribution in [1.82, 2.24) is 14.1 Å². The van der Waals surface area contributed by atoms with E-state index in [1.807, 2.05) is 13.8 Å². The van der Waals surface area contributed by atoms with E-state index >= 15 is 0 Å². The van der Waals surface area contributed by atoms with Gasteiger partial charge in [0.15, 0.2) is 0 Å². The predicted molar refractivity (Wildman–Crippen MR) is 114 cm³/mol. The van der Waals surface area contributed by atoms with E-state index in [1.54, 1.807) is 48.3 Å². The zero-order chi connectivity index (χ0) is 21.0. The molecule has 0 bridgehead atoms. The number of rotatable bonds is 8. The number of hydrogen-bond donors (Lipinski definition) is 1. The van der Waals surface area contributed by atoms with E-state index in [1.165, 1.54) is 4.31 Å². The molecule has 1 aliphatic heterocycles. The second kappa shape index (κ2) is 8.96. The third-order valence-corrected chi connectivity index (χ3v) is 7.36. The van der Waals surface area contributed by atoms with Gasteiger partial charge in [0.2, 0.25) is 15.9 Å². The van der Waals surface area contributed by atoms with Crippen molar-refractivity contribution in [3.63, 3.8) is 0 Å².